The molecule has 0 spiro atoms. The van der Waals surface area contributed by atoms with Gasteiger partial charge in [0, 0.05) is 19.2 Å². The zero-order valence-electron chi connectivity index (χ0n) is 19.4. The summed E-state index contributed by atoms with van der Waals surface area (Å²) < 4.78 is 25.5. The van der Waals surface area contributed by atoms with Gasteiger partial charge >= 0.3 is 0 Å². The third kappa shape index (κ3) is 7.04. The van der Waals surface area contributed by atoms with Gasteiger partial charge in [0.05, 0.1) is 6.54 Å². The van der Waals surface area contributed by atoms with Gasteiger partial charge in [0.2, 0.25) is 5.91 Å². The Balaban J connectivity index is 1.51. The van der Waals surface area contributed by atoms with Crippen LogP contribution in [0.3, 0.4) is 0 Å². The fourth-order valence-corrected chi connectivity index (χ4v) is 4.33. The quantitative estimate of drug-likeness (QED) is 0.632. The van der Waals surface area contributed by atoms with Gasteiger partial charge in [-0.05, 0) is 63.8 Å². The Hall–Kier alpha value is -2.44. The molecular weight excluding hydrogens is 407 g/mol. The van der Waals surface area contributed by atoms with Crippen LogP contribution in [-0.4, -0.2) is 55.3 Å². The topological polar surface area (TPSA) is 50.8 Å². The predicted molar refractivity (Wildman–Crippen MR) is 124 cm³/mol. The Morgan fingerprint density at radius 3 is 2.53 bits per heavy atom. The zero-order valence-corrected chi connectivity index (χ0v) is 19.4. The number of carbonyl (C=O) groups excluding carboxylic acids is 1. The highest BCUT2D eigenvalue weighted by atomic mass is 19.1. The highest BCUT2D eigenvalue weighted by molar-refractivity contribution is 5.78. The lowest BCUT2D eigenvalue weighted by Gasteiger charge is -2.31. The van der Waals surface area contributed by atoms with Crippen molar-refractivity contribution in [2.24, 2.45) is 0 Å². The molecule has 6 heteroatoms. The summed E-state index contributed by atoms with van der Waals surface area (Å²) in [4.78, 5) is 14.9. The summed E-state index contributed by atoms with van der Waals surface area (Å²) in [5.74, 6) is -0.104. The van der Waals surface area contributed by atoms with Crippen LogP contribution >= 0.6 is 0 Å². The van der Waals surface area contributed by atoms with Crippen molar-refractivity contribution in [1.29, 1.82) is 0 Å². The molecular formula is C26H35FN2O3. The number of nitrogens with one attached hydrogen (secondary N) is 1. The van der Waals surface area contributed by atoms with Crippen molar-refractivity contribution in [1.82, 2.24) is 10.2 Å². The maximum absolute atomic E-state index is 13.9. The van der Waals surface area contributed by atoms with Gasteiger partial charge in [-0.1, -0.05) is 42.5 Å². The summed E-state index contributed by atoms with van der Waals surface area (Å²) in [7, 11) is 1.68. The Morgan fingerprint density at radius 1 is 1.09 bits per heavy atom. The van der Waals surface area contributed by atoms with Crippen LogP contribution in [0.25, 0.3) is 0 Å². The van der Waals surface area contributed by atoms with Gasteiger partial charge in [-0.15, -0.1) is 0 Å². The minimum absolute atomic E-state index is 0.0263. The number of halogens is 1. The van der Waals surface area contributed by atoms with E-state index in [2.05, 4.69) is 36.2 Å². The molecule has 1 atom stereocenters. The molecule has 2 aromatic carbocycles. The Kier molecular flexibility index (Phi) is 8.26. The molecule has 1 saturated heterocycles. The lowest BCUT2D eigenvalue weighted by atomic mass is 9.95. The van der Waals surface area contributed by atoms with E-state index in [0.29, 0.717) is 6.54 Å². The van der Waals surface area contributed by atoms with Gasteiger partial charge in [0.1, 0.15) is 12.2 Å². The maximum Gasteiger partial charge on any atom is 0.234 e. The number of carbonyl (C=O) groups is 1. The maximum atomic E-state index is 13.9. The molecule has 5 nitrogen and oxygen atoms in total. The van der Waals surface area contributed by atoms with E-state index in [1.165, 1.54) is 11.6 Å². The largest absolute Gasteiger partial charge is 0.488 e. The van der Waals surface area contributed by atoms with Gasteiger partial charge in [-0.3, -0.25) is 9.69 Å². The number of nitrogens with zero attached hydrogens (tertiary/aromatic N) is 1. The van der Waals surface area contributed by atoms with Crippen molar-refractivity contribution in [3.8, 4) is 5.75 Å². The van der Waals surface area contributed by atoms with E-state index in [0.717, 1.165) is 38.8 Å². The van der Waals surface area contributed by atoms with Crippen molar-refractivity contribution >= 4 is 5.91 Å². The molecule has 3 rings (SSSR count). The molecule has 0 radical (unpaired) electrons. The van der Waals surface area contributed by atoms with E-state index in [4.69, 9.17) is 9.47 Å². The first kappa shape index (κ1) is 24.2. The molecule has 0 saturated carbocycles. The lowest BCUT2D eigenvalue weighted by Crippen LogP contribution is -2.49. The number of hydrogen-bond acceptors (Lipinski definition) is 4. The molecule has 32 heavy (non-hydrogen) atoms. The third-order valence-electron chi connectivity index (χ3n) is 6.08. The van der Waals surface area contributed by atoms with Gasteiger partial charge in [-0.25, -0.2) is 4.39 Å². The molecule has 0 bridgehead atoms. The molecule has 0 aliphatic carbocycles. The fourth-order valence-electron chi connectivity index (χ4n) is 4.33. The van der Waals surface area contributed by atoms with Crippen molar-refractivity contribution in [3.63, 3.8) is 0 Å². The third-order valence-corrected chi connectivity index (χ3v) is 6.08. The summed E-state index contributed by atoms with van der Waals surface area (Å²) >= 11 is 0. The summed E-state index contributed by atoms with van der Waals surface area (Å²) in [5, 5.41) is 3.18. The first-order valence-electron chi connectivity index (χ1n) is 11.3. The van der Waals surface area contributed by atoms with Crippen molar-refractivity contribution in [3.05, 3.63) is 66.0 Å². The van der Waals surface area contributed by atoms with E-state index < -0.39 is 5.60 Å². The van der Waals surface area contributed by atoms with Crippen LogP contribution in [0.5, 0.6) is 5.75 Å². The molecule has 2 aromatic rings. The second kappa shape index (κ2) is 10.9. The molecule has 1 amide bonds. The number of rotatable bonds is 9. The number of benzene rings is 2. The molecule has 174 valence electrons. The van der Waals surface area contributed by atoms with Crippen molar-refractivity contribution in [2.45, 2.75) is 50.7 Å². The first-order chi connectivity index (χ1) is 15.3. The minimum Gasteiger partial charge on any atom is -0.488 e. The highest BCUT2D eigenvalue weighted by Crippen LogP contribution is 2.28. The Morgan fingerprint density at radius 2 is 1.81 bits per heavy atom. The van der Waals surface area contributed by atoms with E-state index in [1.807, 2.05) is 18.2 Å². The molecule has 1 aliphatic heterocycles. The second-order valence-corrected chi connectivity index (χ2v) is 9.33. The van der Waals surface area contributed by atoms with E-state index in [-0.39, 0.29) is 29.6 Å². The lowest BCUT2D eigenvalue weighted by molar-refractivity contribution is -0.124. The van der Waals surface area contributed by atoms with E-state index >= 15 is 0 Å². The van der Waals surface area contributed by atoms with E-state index in [1.54, 1.807) is 25.3 Å². The summed E-state index contributed by atoms with van der Waals surface area (Å²) in [5.41, 5.74) is 0.390. The predicted octanol–water partition coefficient (Wildman–Crippen LogP) is 4.21. The standard InChI is InChI=1S/C26H35FN2O3/c1-25(2,18-21-10-5-4-6-11-21)28-24(30)19-29-16-9-14-26(31-3,15-17-29)20-32-23-13-8-7-12-22(23)27/h4-8,10-13H,9,14-20H2,1-3H3,(H,28,30). The average molecular weight is 443 g/mol. The SMILES string of the molecule is COC1(COc2ccccc2F)CCCN(CC(=O)NC(C)(C)Cc2ccccc2)CC1. The summed E-state index contributed by atoms with van der Waals surface area (Å²) in [6, 6.07) is 16.6. The van der Waals surface area contributed by atoms with E-state index in [9.17, 15) is 9.18 Å². The number of hydrogen-bond donors (Lipinski definition) is 1. The number of methoxy groups -OCH3 is 1. The second-order valence-electron chi connectivity index (χ2n) is 9.33. The highest BCUT2D eigenvalue weighted by Gasteiger charge is 2.34. The van der Waals surface area contributed by atoms with Gasteiger partial charge in [-0.2, -0.15) is 0 Å². The number of para-hydroxylation sites is 1. The summed E-state index contributed by atoms with van der Waals surface area (Å²) in [6.07, 6.45) is 3.18. The van der Waals surface area contributed by atoms with Crippen LogP contribution in [0.15, 0.2) is 54.6 Å². The van der Waals surface area contributed by atoms with Crippen LogP contribution in [0.2, 0.25) is 0 Å². The number of ether oxygens (including phenoxy) is 2. The normalized spacial score (nSPS) is 19.9. The first-order valence-corrected chi connectivity index (χ1v) is 11.3. The van der Waals surface area contributed by atoms with Crippen molar-refractivity contribution < 1.29 is 18.7 Å². The molecule has 1 aliphatic rings. The van der Waals surface area contributed by atoms with Gasteiger partial charge in [0.15, 0.2) is 11.6 Å². The van der Waals surface area contributed by atoms with Crippen molar-refractivity contribution in [2.75, 3.05) is 33.4 Å². The molecule has 1 unspecified atom stereocenters. The Labute approximate surface area is 190 Å². The molecule has 1 N–H and O–H groups in total. The molecule has 1 fully saturated rings. The van der Waals surface area contributed by atoms with Crippen LogP contribution in [0, 0.1) is 5.82 Å². The minimum atomic E-state index is -0.486. The fraction of sp³-hybridized carbons (Fsp3) is 0.500. The Bertz CT molecular complexity index is 874. The van der Waals surface area contributed by atoms with Crippen LogP contribution in [0.4, 0.5) is 4.39 Å². The van der Waals surface area contributed by atoms with Crippen LogP contribution in [0.1, 0.15) is 38.7 Å². The molecule has 1 heterocycles. The molecule has 0 aromatic heterocycles. The monoisotopic (exact) mass is 442 g/mol. The number of amides is 1. The smallest absolute Gasteiger partial charge is 0.234 e. The van der Waals surface area contributed by atoms with Crippen LogP contribution < -0.4 is 10.1 Å². The zero-order chi connectivity index (χ0) is 23.0. The summed E-state index contributed by atoms with van der Waals surface area (Å²) in [6.45, 7) is 6.28. The van der Waals surface area contributed by atoms with Gasteiger partial charge < -0.3 is 14.8 Å². The number of likely N-dealkylation sites (tertiary alicyclic amines) is 1. The van der Waals surface area contributed by atoms with Gasteiger partial charge in [0.25, 0.3) is 0 Å². The average Bonchev–Trinajstić information content (AvgIpc) is 2.96. The van der Waals surface area contributed by atoms with Crippen LogP contribution in [-0.2, 0) is 16.0 Å².